The van der Waals surface area contributed by atoms with Crippen molar-refractivity contribution in [2.24, 2.45) is 10.2 Å². The van der Waals surface area contributed by atoms with Crippen molar-refractivity contribution in [2.75, 3.05) is 0 Å². The number of hydrogen-bond donors (Lipinski definition) is 2. The Labute approximate surface area is 166 Å². The maximum Gasteiger partial charge on any atom is 0.230 e. The molecule has 0 spiro atoms. The molecule has 0 radical (unpaired) electrons. The number of nitrogens with zero attached hydrogens (tertiary/aromatic N) is 3. The van der Waals surface area contributed by atoms with E-state index in [-0.39, 0.29) is 22.9 Å². The number of H-pyrrole nitrogens is 1. The summed E-state index contributed by atoms with van der Waals surface area (Å²) in [5, 5.41) is 21.6. The van der Waals surface area contributed by atoms with Crippen LogP contribution in [-0.4, -0.2) is 15.1 Å². The molecule has 2 N–H and O–H groups in total. The lowest BCUT2D eigenvalue weighted by Crippen LogP contribution is -1.75. The van der Waals surface area contributed by atoms with Gasteiger partial charge in [0, 0.05) is 20.8 Å². The Morgan fingerprint density at radius 1 is 1.04 bits per heavy atom. The zero-order valence-corrected chi connectivity index (χ0v) is 16.8. The van der Waals surface area contributed by atoms with Gasteiger partial charge < -0.3 is 10.1 Å². The average Bonchev–Trinajstić information content (AvgIpc) is 3.17. The van der Waals surface area contributed by atoms with Crippen LogP contribution in [0.5, 0.6) is 5.88 Å². The second kappa shape index (κ2) is 7.47. The number of para-hydroxylation sites is 1. The van der Waals surface area contributed by atoms with E-state index in [2.05, 4.69) is 36.1 Å². The van der Waals surface area contributed by atoms with Gasteiger partial charge in [-0.15, -0.1) is 38.5 Å². The molecule has 25 heavy (non-hydrogen) atoms. The summed E-state index contributed by atoms with van der Waals surface area (Å²) in [7, 11) is 0. The summed E-state index contributed by atoms with van der Waals surface area (Å²) in [5.41, 5.74) is 3.11. The van der Waals surface area contributed by atoms with Gasteiger partial charge in [0.2, 0.25) is 11.0 Å². The van der Waals surface area contributed by atoms with Crippen LogP contribution < -0.4 is 0 Å². The van der Waals surface area contributed by atoms with Gasteiger partial charge in [0.15, 0.2) is 5.69 Å². The molecule has 0 unspecified atom stereocenters. The van der Waals surface area contributed by atoms with Crippen molar-refractivity contribution in [2.45, 2.75) is 0 Å². The molecule has 8 heteroatoms. The number of thiazole rings is 1. The third-order valence-corrected chi connectivity index (χ3v) is 4.78. The highest BCUT2D eigenvalue weighted by molar-refractivity contribution is 9.10. The number of aromatic amines is 1. The molecular formula is C17H12Br2N4OS. The van der Waals surface area contributed by atoms with Crippen LogP contribution in [0.3, 0.4) is 0 Å². The normalized spacial score (nSPS) is 11.1. The molecule has 0 aliphatic carbocycles. The highest BCUT2D eigenvalue weighted by Crippen LogP contribution is 2.36. The number of hydrogen-bond acceptors (Lipinski definition) is 5. The highest BCUT2D eigenvalue weighted by Gasteiger charge is 2.10. The van der Waals surface area contributed by atoms with Gasteiger partial charge in [-0.05, 0) is 18.2 Å². The van der Waals surface area contributed by atoms with Crippen LogP contribution in [-0.2, 0) is 0 Å². The van der Waals surface area contributed by atoms with E-state index >= 15 is 0 Å². The first-order valence-electron chi connectivity index (χ1n) is 7.13. The molecule has 4 rings (SSSR count). The number of nitrogens with one attached hydrogen (secondary N) is 1. The number of halogens is 2. The Bertz CT molecular complexity index is 1040. The molecule has 2 heterocycles. The van der Waals surface area contributed by atoms with E-state index in [0.717, 1.165) is 26.6 Å². The molecule has 0 amide bonds. The lowest BCUT2D eigenvalue weighted by molar-refractivity contribution is 0.459. The molecule has 0 aliphatic rings. The second-order valence-electron chi connectivity index (χ2n) is 5.09. The van der Waals surface area contributed by atoms with Gasteiger partial charge in [-0.2, -0.15) is 0 Å². The molecule has 0 saturated carbocycles. The van der Waals surface area contributed by atoms with Crippen molar-refractivity contribution in [1.82, 2.24) is 9.97 Å². The molecule has 0 saturated heterocycles. The number of aromatic nitrogens is 2. The second-order valence-corrected chi connectivity index (χ2v) is 6.84. The number of aromatic hydroxyl groups is 1. The summed E-state index contributed by atoms with van der Waals surface area (Å²) in [6.07, 6.45) is 0. The van der Waals surface area contributed by atoms with E-state index in [1.807, 2.05) is 53.9 Å². The smallest absolute Gasteiger partial charge is 0.230 e. The standard InChI is InChI=1S/C17H11BrN4OS.BrH/c18-11-7-5-10(6-8-11)14-9-24-17(20-14)22-21-15-12-3-1-2-4-13(12)19-16(15)23;/h1-9,19,23H;1H. The summed E-state index contributed by atoms with van der Waals surface area (Å²) >= 11 is 4.83. The molecule has 126 valence electrons. The molecule has 0 atom stereocenters. The van der Waals surface area contributed by atoms with Crippen molar-refractivity contribution in [3.63, 3.8) is 0 Å². The molecule has 5 nitrogen and oxygen atoms in total. The fourth-order valence-electron chi connectivity index (χ4n) is 2.37. The van der Waals surface area contributed by atoms with Crippen molar-refractivity contribution in [1.29, 1.82) is 0 Å². The maximum atomic E-state index is 9.99. The van der Waals surface area contributed by atoms with Crippen LogP contribution in [0.1, 0.15) is 0 Å². The van der Waals surface area contributed by atoms with Crippen molar-refractivity contribution < 1.29 is 5.11 Å². The lowest BCUT2D eigenvalue weighted by Gasteiger charge is -1.95. The zero-order chi connectivity index (χ0) is 16.5. The summed E-state index contributed by atoms with van der Waals surface area (Å²) < 4.78 is 1.02. The maximum absolute atomic E-state index is 9.99. The largest absolute Gasteiger partial charge is 0.493 e. The summed E-state index contributed by atoms with van der Waals surface area (Å²) in [6.45, 7) is 0. The first kappa shape index (κ1) is 17.8. The van der Waals surface area contributed by atoms with E-state index < -0.39 is 0 Å². The van der Waals surface area contributed by atoms with E-state index in [9.17, 15) is 5.11 Å². The van der Waals surface area contributed by atoms with Crippen molar-refractivity contribution in [3.8, 4) is 17.1 Å². The van der Waals surface area contributed by atoms with Gasteiger partial charge in [0.1, 0.15) is 0 Å². The minimum Gasteiger partial charge on any atom is -0.493 e. The molecule has 2 aromatic carbocycles. The van der Waals surface area contributed by atoms with Crippen molar-refractivity contribution >= 4 is 66.0 Å². The highest BCUT2D eigenvalue weighted by atomic mass is 79.9. The Morgan fingerprint density at radius 3 is 2.60 bits per heavy atom. The minimum absolute atomic E-state index is 0. The monoisotopic (exact) mass is 478 g/mol. The molecule has 0 fully saturated rings. The number of azo groups is 1. The number of rotatable bonds is 3. The Hall–Kier alpha value is -2.03. The van der Waals surface area contributed by atoms with Crippen molar-refractivity contribution in [3.05, 3.63) is 58.4 Å². The first-order chi connectivity index (χ1) is 11.7. The van der Waals surface area contributed by atoms with Crippen LogP contribution >= 0.6 is 44.2 Å². The van der Waals surface area contributed by atoms with Gasteiger partial charge in [0.25, 0.3) is 0 Å². The van der Waals surface area contributed by atoms with Gasteiger partial charge in [0.05, 0.1) is 11.2 Å². The molecule has 0 bridgehead atoms. The van der Waals surface area contributed by atoms with Crippen LogP contribution in [0.4, 0.5) is 10.8 Å². The van der Waals surface area contributed by atoms with Gasteiger partial charge in [-0.25, -0.2) is 4.98 Å². The van der Waals surface area contributed by atoms with Crippen LogP contribution in [0.2, 0.25) is 0 Å². The lowest BCUT2D eigenvalue weighted by atomic mass is 10.2. The van der Waals surface area contributed by atoms with Gasteiger partial charge >= 0.3 is 0 Å². The van der Waals surface area contributed by atoms with Crippen LogP contribution in [0, 0.1) is 0 Å². The van der Waals surface area contributed by atoms with Crippen LogP contribution in [0.15, 0.2) is 68.6 Å². The number of fused-ring (bicyclic) bond motifs is 1. The Kier molecular flexibility index (Phi) is 5.31. The SMILES string of the molecule is Br.Oc1[nH]c2ccccc2c1N=Nc1nc(-c2ccc(Br)cc2)cs1. The number of benzene rings is 2. The summed E-state index contributed by atoms with van der Waals surface area (Å²) in [6, 6.07) is 15.5. The fourth-order valence-corrected chi connectivity index (χ4v) is 3.28. The van der Waals surface area contributed by atoms with Crippen LogP contribution in [0.25, 0.3) is 22.2 Å². The first-order valence-corrected chi connectivity index (χ1v) is 8.81. The molecule has 4 aromatic rings. The third kappa shape index (κ3) is 3.65. The summed E-state index contributed by atoms with van der Waals surface area (Å²) in [4.78, 5) is 7.35. The molecule has 2 aromatic heterocycles. The minimum atomic E-state index is 0. The zero-order valence-electron chi connectivity index (χ0n) is 12.7. The third-order valence-electron chi connectivity index (χ3n) is 3.53. The quantitative estimate of drug-likeness (QED) is 0.319. The fraction of sp³-hybridized carbons (Fsp3) is 0. The van der Waals surface area contributed by atoms with Gasteiger partial charge in [-0.1, -0.05) is 46.3 Å². The predicted octanol–water partition coefficient (Wildman–Crippen LogP) is 6.75. The van der Waals surface area contributed by atoms with E-state index in [4.69, 9.17) is 0 Å². The summed E-state index contributed by atoms with van der Waals surface area (Å²) in [5.74, 6) is 0.00430. The Balaban J connectivity index is 0.00000182. The topological polar surface area (TPSA) is 73.6 Å². The van der Waals surface area contributed by atoms with E-state index in [1.165, 1.54) is 11.3 Å². The van der Waals surface area contributed by atoms with E-state index in [1.54, 1.807) is 0 Å². The molecular weight excluding hydrogens is 468 g/mol. The molecule has 0 aliphatic heterocycles. The Morgan fingerprint density at radius 2 is 1.80 bits per heavy atom. The van der Waals surface area contributed by atoms with Gasteiger partial charge in [-0.3, -0.25) is 0 Å². The van der Waals surface area contributed by atoms with E-state index in [0.29, 0.717) is 10.8 Å². The average molecular weight is 480 g/mol. The predicted molar refractivity (Wildman–Crippen MR) is 110 cm³/mol.